The number of carboxylic acids is 1. The Morgan fingerprint density at radius 2 is 2.36 bits per heavy atom. The molecule has 1 aliphatic rings. The standard InChI is InChI=1S/C10H13NO3/c12-10(13)6-2-5-9-7-3-1-4-8(7)11-14-9/h1-6H2,(H,12,13). The molecule has 0 spiro atoms. The van der Waals surface area contributed by atoms with Crippen molar-refractivity contribution in [3.8, 4) is 0 Å². The van der Waals surface area contributed by atoms with Gasteiger partial charge in [-0.05, 0) is 25.7 Å². The molecule has 0 fully saturated rings. The number of nitrogens with zero attached hydrogens (tertiary/aromatic N) is 1. The molecule has 1 aromatic rings. The van der Waals surface area contributed by atoms with Crippen molar-refractivity contribution in [2.45, 2.75) is 38.5 Å². The van der Waals surface area contributed by atoms with E-state index < -0.39 is 5.97 Å². The van der Waals surface area contributed by atoms with Crippen molar-refractivity contribution in [2.75, 3.05) is 0 Å². The molecule has 4 heteroatoms. The highest BCUT2D eigenvalue weighted by Crippen LogP contribution is 2.25. The predicted octanol–water partition coefficient (Wildman–Crippen LogP) is 1.57. The fraction of sp³-hybridized carbons (Fsp3) is 0.600. The van der Waals surface area contributed by atoms with Crippen LogP contribution in [0.3, 0.4) is 0 Å². The van der Waals surface area contributed by atoms with Crippen molar-refractivity contribution in [3.05, 3.63) is 17.0 Å². The summed E-state index contributed by atoms with van der Waals surface area (Å²) in [6.45, 7) is 0. The molecule has 2 rings (SSSR count). The number of carbonyl (C=O) groups is 1. The maximum absolute atomic E-state index is 10.3. The summed E-state index contributed by atoms with van der Waals surface area (Å²) in [4.78, 5) is 10.3. The number of rotatable bonds is 4. The number of aromatic nitrogens is 1. The van der Waals surface area contributed by atoms with Crippen molar-refractivity contribution >= 4 is 5.97 Å². The maximum Gasteiger partial charge on any atom is 0.303 e. The molecule has 76 valence electrons. The smallest absolute Gasteiger partial charge is 0.303 e. The minimum Gasteiger partial charge on any atom is -0.481 e. The first kappa shape index (κ1) is 9.24. The molecule has 0 atom stereocenters. The molecule has 0 saturated carbocycles. The van der Waals surface area contributed by atoms with Gasteiger partial charge >= 0.3 is 5.97 Å². The molecule has 1 N–H and O–H groups in total. The highest BCUT2D eigenvalue weighted by molar-refractivity contribution is 5.66. The average Bonchev–Trinajstić information content (AvgIpc) is 2.67. The van der Waals surface area contributed by atoms with E-state index in [1.807, 2.05) is 0 Å². The van der Waals surface area contributed by atoms with Crippen LogP contribution in [0.25, 0.3) is 0 Å². The highest BCUT2D eigenvalue weighted by Gasteiger charge is 2.20. The lowest BCUT2D eigenvalue weighted by Gasteiger charge is -1.95. The van der Waals surface area contributed by atoms with Crippen LogP contribution in [0.4, 0.5) is 0 Å². The second-order valence-corrected chi connectivity index (χ2v) is 3.63. The van der Waals surface area contributed by atoms with Gasteiger partial charge in [0.05, 0.1) is 5.69 Å². The fourth-order valence-corrected chi connectivity index (χ4v) is 1.89. The number of aliphatic carboxylic acids is 1. The molecule has 4 nitrogen and oxygen atoms in total. The molecule has 0 bridgehead atoms. The topological polar surface area (TPSA) is 63.3 Å². The van der Waals surface area contributed by atoms with Crippen LogP contribution >= 0.6 is 0 Å². The lowest BCUT2D eigenvalue weighted by Crippen LogP contribution is -1.96. The number of hydrogen-bond acceptors (Lipinski definition) is 3. The first-order valence-corrected chi connectivity index (χ1v) is 4.95. The Labute approximate surface area is 81.9 Å². The van der Waals surface area contributed by atoms with Gasteiger partial charge in [0.2, 0.25) is 0 Å². The van der Waals surface area contributed by atoms with E-state index in [1.54, 1.807) is 0 Å². The molecule has 0 aliphatic heterocycles. The summed E-state index contributed by atoms with van der Waals surface area (Å²) in [5.74, 6) is 0.153. The van der Waals surface area contributed by atoms with E-state index in [9.17, 15) is 4.79 Å². The summed E-state index contributed by atoms with van der Waals surface area (Å²) in [5.41, 5.74) is 2.31. The minimum absolute atomic E-state index is 0.204. The summed E-state index contributed by atoms with van der Waals surface area (Å²) in [6, 6.07) is 0. The number of aryl methyl sites for hydroxylation is 2. The first-order valence-electron chi connectivity index (χ1n) is 4.95. The molecule has 0 amide bonds. The van der Waals surface area contributed by atoms with E-state index in [2.05, 4.69) is 5.16 Å². The monoisotopic (exact) mass is 195 g/mol. The number of hydrogen-bond donors (Lipinski definition) is 1. The molecule has 1 aliphatic carbocycles. The summed E-state index contributed by atoms with van der Waals surface area (Å²) < 4.78 is 5.18. The Hall–Kier alpha value is -1.32. The quantitative estimate of drug-likeness (QED) is 0.792. The SMILES string of the molecule is O=C(O)CCCc1onc2c1CCC2. The van der Waals surface area contributed by atoms with Crippen molar-refractivity contribution in [1.82, 2.24) is 5.16 Å². The number of fused-ring (bicyclic) bond motifs is 1. The Bertz CT molecular complexity index is 343. The van der Waals surface area contributed by atoms with E-state index >= 15 is 0 Å². The summed E-state index contributed by atoms with van der Waals surface area (Å²) in [5, 5.41) is 12.5. The third kappa shape index (κ3) is 1.78. The molecule has 1 aromatic heterocycles. The van der Waals surface area contributed by atoms with Gasteiger partial charge in [-0.25, -0.2) is 0 Å². The second-order valence-electron chi connectivity index (χ2n) is 3.63. The van der Waals surface area contributed by atoms with Gasteiger partial charge in [-0.15, -0.1) is 0 Å². The van der Waals surface area contributed by atoms with Crippen LogP contribution in [0.5, 0.6) is 0 Å². The van der Waals surface area contributed by atoms with E-state index in [-0.39, 0.29) is 6.42 Å². The third-order valence-corrected chi connectivity index (χ3v) is 2.59. The van der Waals surface area contributed by atoms with Gasteiger partial charge in [0.1, 0.15) is 5.76 Å². The fourth-order valence-electron chi connectivity index (χ4n) is 1.89. The van der Waals surface area contributed by atoms with Crippen LogP contribution < -0.4 is 0 Å². The Balaban J connectivity index is 1.93. The maximum atomic E-state index is 10.3. The Kier molecular flexibility index (Phi) is 2.52. The van der Waals surface area contributed by atoms with Gasteiger partial charge in [-0.3, -0.25) is 4.79 Å². The van der Waals surface area contributed by atoms with E-state index in [4.69, 9.17) is 9.63 Å². The first-order chi connectivity index (χ1) is 6.77. The van der Waals surface area contributed by atoms with Gasteiger partial charge in [0.15, 0.2) is 0 Å². The van der Waals surface area contributed by atoms with E-state index in [0.717, 1.165) is 30.7 Å². The zero-order valence-corrected chi connectivity index (χ0v) is 7.95. The summed E-state index contributed by atoms with van der Waals surface area (Å²) in [7, 11) is 0. The lowest BCUT2D eigenvalue weighted by molar-refractivity contribution is -0.137. The lowest BCUT2D eigenvalue weighted by atomic mass is 10.1. The molecule has 0 saturated heterocycles. The molecule has 14 heavy (non-hydrogen) atoms. The van der Waals surface area contributed by atoms with Crippen LogP contribution in [0.2, 0.25) is 0 Å². The zero-order valence-electron chi connectivity index (χ0n) is 7.95. The normalized spacial score (nSPS) is 14.3. The highest BCUT2D eigenvalue weighted by atomic mass is 16.5. The number of carboxylic acid groups (broad SMARTS) is 1. The molecule has 1 heterocycles. The zero-order chi connectivity index (χ0) is 9.97. The van der Waals surface area contributed by atoms with E-state index in [1.165, 1.54) is 5.56 Å². The van der Waals surface area contributed by atoms with Gasteiger partial charge in [-0.1, -0.05) is 5.16 Å². The van der Waals surface area contributed by atoms with Crippen LogP contribution in [-0.2, 0) is 24.1 Å². The van der Waals surface area contributed by atoms with Crippen molar-refractivity contribution in [3.63, 3.8) is 0 Å². The van der Waals surface area contributed by atoms with Crippen molar-refractivity contribution in [2.24, 2.45) is 0 Å². The van der Waals surface area contributed by atoms with Crippen molar-refractivity contribution < 1.29 is 14.4 Å². The van der Waals surface area contributed by atoms with Gasteiger partial charge in [-0.2, -0.15) is 0 Å². The largest absolute Gasteiger partial charge is 0.481 e. The van der Waals surface area contributed by atoms with Gasteiger partial charge in [0.25, 0.3) is 0 Å². The average molecular weight is 195 g/mol. The molecular formula is C10H13NO3. The minimum atomic E-state index is -0.749. The van der Waals surface area contributed by atoms with Crippen LogP contribution in [0, 0.1) is 0 Å². The Morgan fingerprint density at radius 1 is 1.50 bits per heavy atom. The van der Waals surface area contributed by atoms with Crippen molar-refractivity contribution in [1.29, 1.82) is 0 Å². The second kappa shape index (κ2) is 3.82. The van der Waals surface area contributed by atoms with E-state index in [0.29, 0.717) is 12.8 Å². The summed E-state index contributed by atoms with van der Waals surface area (Å²) >= 11 is 0. The van der Waals surface area contributed by atoms with Crippen LogP contribution in [0.15, 0.2) is 4.52 Å². The predicted molar refractivity (Wildman–Crippen MR) is 49.1 cm³/mol. The van der Waals surface area contributed by atoms with Crippen LogP contribution in [-0.4, -0.2) is 16.2 Å². The van der Waals surface area contributed by atoms with Gasteiger partial charge in [0, 0.05) is 18.4 Å². The molecular weight excluding hydrogens is 182 g/mol. The van der Waals surface area contributed by atoms with Crippen LogP contribution in [0.1, 0.15) is 36.3 Å². The molecule has 0 radical (unpaired) electrons. The summed E-state index contributed by atoms with van der Waals surface area (Å²) in [6.07, 6.45) is 4.75. The molecule has 0 aromatic carbocycles. The molecule has 0 unspecified atom stereocenters. The van der Waals surface area contributed by atoms with Gasteiger partial charge < -0.3 is 9.63 Å². The third-order valence-electron chi connectivity index (χ3n) is 2.59. The Morgan fingerprint density at radius 3 is 3.14 bits per heavy atom.